The number of nitrogen functional groups attached to an aromatic ring is 1. The van der Waals surface area contributed by atoms with Crippen LogP contribution in [0.3, 0.4) is 0 Å². The lowest BCUT2D eigenvalue weighted by molar-refractivity contribution is -0.117. The molecule has 28 heavy (non-hydrogen) atoms. The second-order valence-corrected chi connectivity index (χ2v) is 8.31. The van der Waals surface area contributed by atoms with Crippen LogP contribution in [0.4, 0.5) is 16.2 Å². The normalized spacial score (nSPS) is 12.1. The molecule has 0 bridgehead atoms. The number of thioether (sulfide) groups is 1. The van der Waals surface area contributed by atoms with Crippen molar-refractivity contribution in [2.75, 3.05) is 16.8 Å². The van der Waals surface area contributed by atoms with Gasteiger partial charge in [-0.05, 0) is 38.5 Å². The number of carbonyl (C=O) groups is 2. The maximum absolute atomic E-state index is 12.8. The average molecular weight is 402 g/mol. The van der Waals surface area contributed by atoms with Crippen LogP contribution in [0.5, 0.6) is 0 Å². The van der Waals surface area contributed by atoms with Gasteiger partial charge in [0.05, 0.1) is 11.4 Å². The highest BCUT2D eigenvalue weighted by Crippen LogP contribution is 2.19. The number of nitrogens with one attached hydrogen (secondary N) is 2. The standard InChI is InChI=1S/C21H27N3O3S/c1-21(2,3)27-20(26)24-18(14-28-13-15-9-5-4-6-10-15)19(25)23-17-12-8-7-11-16(17)22/h4-12,18H,13-14,22H2,1-3H3,(H,23,25)(H,24,26). The number of ether oxygens (including phenoxy) is 1. The van der Waals surface area contributed by atoms with Crippen molar-refractivity contribution in [1.82, 2.24) is 5.32 Å². The van der Waals surface area contributed by atoms with E-state index >= 15 is 0 Å². The zero-order valence-electron chi connectivity index (χ0n) is 16.4. The number of benzene rings is 2. The topological polar surface area (TPSA) is 93.4 Å². The van der Waals surface area contributed by atoms with E-state index in [0.717, 1.165) is 11.3 Å². The maximum Gasteiger partial charge on any atom is 0.408 e. The number of rotatable bonds is 7. The molecule has 2 rings (SSSR count). The first kappa shape index (κ1) is 21.6. The van der Waals surface area contributed by atoms with E-state index in [1.54, 1.807) is 56.8 Å². The van der Waals surface area contributed by atoms with Crippen molar-refractivity contribution in [2.24, 2.45) is 0 Å². The molecule has 1 atom stereocenters. The van der Waals surface area contributed by atoms with E-state index in [-0.39, 0.29) is 5.91 Å². The summed E-state index contributed by atoms with van der Waals surface area (Å²) in [5, 5.41) is 5.44. The Bertz CT molecular complexity index is 791. The monoisotopic (exact) mass is 401 g/mol. The minimum atomic E-state index is -0.761. The first-order valence-electron chi connectivity index (χ1n) is 9.01. The summed E-state index contributed by atoms with van der Waals surface area (Å²) in [6.07, 6.45) is -0.631. The summed E-state index contributed by atoms with van der Waals surface area (Å²) >= 11 is 1.56. The first-order chi connectivity index (χ1) is 13.2. The SMILES string of the molecule is CC(C)(C)OC(=O)NC(CSCc1ccccc1)C(=O)Nc1ccccc1N. The van der Waals surface area contributed by atoms with Crippen LogP contribution in [0, 0.1) is 0 Å². The summed E-state index contributed by atoms with van der Waals surface area (Å²) in [5.74, 6) is 0.783. The number of para-hydroxylation sites is 2. The van der Waals surface area contributed by atoms with Gasteiger partial charge in [-0.1, -0.05) is 42.5 Å². The Morgan fingerprint density at radius 1 is 1.07 bits per heavy atom. The molecule has 0 saturated carbocycles. The lowest BCUT2D eigenvalue weighted by Gasteiger charge is -2.23. The highest BCUT2D eigenvalue weighted by atomic mass is 32.2. The van der Waals surface area contributed by atoms with E-state index in [2.05, 4.69) is 10.6 Å². The Balaban J connectivity index is 2.02. The van der Waals surface area contributed by atoms with Gasteiger partial charge in [-0.15, -0.1) is 0 Å². The van der Waals surface area contributed by atoms with Crippen molar-refractivity contribution in [3.8, 4) is 0 Å². The Kier molecular flexibility index (Phi) is 7.75. The highest BCUT2D eigenvalue weighted by Gasteiger charge is 2.25. The van der Waals surface area contributed by atoms with Gasteiger partial charge >= 0.3 is 6.09 Å². The van der Waals surface area contributed by atoms with Gasteiger partial charge in [-0.3, -0.25) is 4.79 Å². The van der Waals surface area contributed by atoms with Crippen LogP contribution in [0.15, 0.2) is 54.6 Å². The van der Waals surface area contributed by atoms with Crippen LogP contribution in [0.1, 0.15) is 26.3 Å². The van der Waals surface area contributed by atoms with E-state index in [0.29, 0.717) is 17.1 Å². The summed E-state index contributed by atoms with van der Waals surface area (Å²) in [6.45, 7) is 5.32. The summed E-state index contributed by atoms with van der Waals surface area (Å²) in [5.41, 5.74) is 7.37. The van der Waals surface area contributed by atoms with Crippen LogP contribution >= 0.6 is 11.8 Å². The third kappa shape index (κ3) is 7.52. The van der Waals surface area contributed by atoms with Gasteiger partial charge in [-0.25, -0.2) is 4.79 Å². The molecule has 7 heteroatoms. The average Bonchev–Trinajstić information content (AvgIpc) is 2.62. The summed E-state index contributed by atoms with van der Waals surface area (Å²) in [7, 11) is 0. The molecule has 0 aliphatic carbocycles. The summed E-state index contributed by atoms with van der Waals surface area (Å²) in [6, 6.07) is 16.2. The number of hydrogen-bond donors (Lipinski definition) is 3. The van der Waals surface area contributed by atoms with Crippen LogP contribution in [0.25, 0.3) is 0 Å². The molecule has 150 valence electrons. The fourth-order valence-corrected chi connectivity index (χ4v) is 3.35. The zero-order chi connectivity index (χ0) is 20.6. The molecule has 1 unspecified atom stereocenters. The van der Waals surface area contributed by atoms with Crippen LogP contribution in [-0.4, -0.2) is 29.4 Å². The van der Waals surface area contributed by atoms with E-state index < -0.39 is 17.7 Å². The van der Waals surface area contributed by atoms with Crippen molar-refractivity contribution in [1.29, 1.82) is 0 Å². The van der Waals surface area contributed by atoms with Gasteiger partial charge in [0.1, 0.15) is 11.6 Å². The van der Waals surface area contributed by atoms with Crippen LogP contribution in [-0.2, 0) is 15.3 Å². The Hall–Kier alpha value is -2.67. The fourth-order valence-electron chi connectivity index (χ4n) is 2.33. The number of anilines is 2. The predicted molar refractivity (Wildman–Crippen MR) is 115 cm³/mol. The number of hydrogen-bond acceptors (Lipinski definition) is 5. The van der Waals surface area contributed by atoms with Crippen LogP contribution < -0.4 is 16.4 Å². The first-order valence-corrected chi connectivity index (χ1v) is 10.2. The highest BCUT2D eigenvalue weighted by molar-refractivity contribution is 7.98. The third-order valence-corrected chi connectivity index (χ3v) is 4.73. The van der Waals surface area contributed by atoms with Gasteiger partial charge in [0.2, 0.25) is 5.91 Å². The van der Waals surface area contributed by atoms with Crippen molar-refractivity contribution >= 4 is 35.1 Å². The Morgan fingerprint density at radius 3 is 2.36 bits per heavy atom. The van der Waals surface area contributed by atoms with E-state index in [9.17, 15) is 9.59 Å². The molecule has 2 aromatic rings. The van der Waals surface area contributed by atoms with Gasteiger partial charge in [0, 0.05) is 11.5 Å². The van der Waals surface area contributed by atoms with E-state index in [1.807, 2.05) is 30.3 Å². The van der Waals surface area contributed by atoms with E-state index in [4.69, 9.17) is 10.5 Å². The van der Waals surface area contributed by atoms with Gasteiger partial charge in [0.15, 0.2) is 0 Å². The molecule has 2 amide bonds. The number of nitrogens with two attached hydrogens (primary N) is 1. The molecule has 0 spiro atoms. The van der Waals surface area contributed by atoms with Crippen molar-refractivity contribution in [2.45, 2.75) is 38.2 Å². The molecule has 0 heterocycles. The van der Waals surface area contributed by atoms with Gasteiger partial charge < -0.3 is 21.1 Å². The summed E-state index contributed by atoms with van der Waals surface area (Å²) in [4.78, 5) is 24.9. The molecule has 0 aromatic heterocycles. The molecule has 0 radical (unpaired) electrons. The lowest BCUT2D eigenvalue weighted by atomic mass is 10.2. The molecular formula is C21H27N3O3S. The zero-order valence-corrected chi connectivity index (χ0v) is 17.2. The summed E-state index contributed by atoms with van der Waals surface area (Å²) < 4.78 is 5.29. The van der Waals surface area contributed by atoms with Crippen LogP contribution in [0.2, 0.25) is 0 Å². The Morgan fingerprint density at radius 2 is 1.71 bits per heavy atom. The Labute approximate surface area is 170 Å². The second-order valence-electron chi connectivity index (χ2n) is 7.28. The molecule has 0 saturated heterocycles. The maximum atomic E-state index is 12.8. The molecular weight excluding hydrogens is 374 g/mol. The lowest BCUT2D eigenvalue weighted by Crippen LogP contribution is -2.47. The molecule has 0 aliphatic heterocycles. The minimum Gasteiger partial charge on any atom is -0.444 e. The minimum absolute atomic E-state index is 0.343. The molecule has 0 fully saturated rings. The largest absolute Gasteiger partial charge is 0.444 e. The molecule has 6 nitrogen and oxygen atoms in total. The fraction of sp³-hybridized carbons (Fsp3) is 0.333. The quantitative estimate of drug-likeness (QED) is 0.609. The molecule has 4 N–H and O–H groups in total. The number of alkyl carbamates (subject to hydrolysis) is 1. The number of amides is 2. The van der Waals surface area contributed by atoms with E-state index in [1.165, 1.54) is 0 Å². The van der Waals surface area contributed by atoms with Gasteiger partial charge in [-0.2, -0.15) is 11.8 Å². The van der Waals surface area contributed by atoms with Crippen molar-refractivity contribution < 1.29 is 14.3 Å². The number of carbonyl (C=O) groups excluding carboxylic acids is 2. The van der Waals surface area contributed by atoms with Gasteiger partial charge in [0.25, 0.3) is 0 Å². The van der Waals surface area contributed by atoms with Crippen molar-refractivity contribution in [3.05, 3.63) is 60.2 Å². The molecule has 0 aliphatic rings. The smallest absolute Gasteiger partial charge is 0.408 e. The second kappa shape index (κ2) is 10.0. The molecule has 2 aromatic carbocycles. The predicted octanol–water partition coefficient (Wildman–Crippen LogP) is 4.03. The third-order valence-electron chi connectivity index (χ3n) is 3.62. The van der Waals surface area contributed by atoms with Crippen molar-refractivity contribution in [3.63, 3.8) is 0 Å².